The predicted octanol–water partition coefficient (Wildman–Crippen LogP) is 4.81. The number of anilines is 2. The molecule has 0 heterocycles. The number of rotatable bonds is 7. The van der Waals surface area contributed by atoms with Crippen LogP contribution in [0.1, 0.15) is 6.92 Å². The van der Waals surface area contributed by atoms with E-state index in [0.29, 0.717) is 11.4 Å². The van der Waals surface area contributed by atoms with Crippen LogP contribution in [0, 0.1) is 0 Å². The van der Waals surface area contributed by atoms with Crippen LogP contribution in [0.3, 0.4) is 0 Å². The molecule has 0 aromatic heterocycles. The lowest BCUT2D eigenvalue weighted by molar-refractivity contribution is -0.116. The highest BCUT2D eigenvalue weighted by Gasteiger charge is 2.30. The first-order valence-electron chi connectivity index (χ1n) is 9.50. The van der Waals surface area contributed by atoms with Crippen LogP contribution >= 0.6 is 11.6 Å². The lowest BCUT2D eigenvalue weighted by Gasteiger charge is -2.28. The SMILES string of the molecule is COc1ccc(N([C@@H](C)C(=O)Nc2ccccc2-c2ccccc2)S(C)(=O)=O)cc1Cl. The molecule has 1 atom stereocenters. The van der Waals surface area contributed by atoms with Crippen molar-refractivity contribution in [2.45, 2.75) is 13.0 Å². The van der Waals surface area contributed by atoms with Crippen molar-refractivity contribution in [2.24, 2.45) is 0 Å². The quantitative estimate of drug-likeness (QED) is 0.551. The number of benzene rings is 3. The van der Waals surface area contributed by atoms with Crippen LogP contribution in [-0.2, 0) is 14.8 Å². The summed E-state index contributed by atoms with van der Waals surface area (Å²) >= 11 is 6.18. The van der Waals surface area contributed by atoms with Gasteiger partial charge < -0.3 is 10.1 Å². The average molecular weight is 459 g/mol. The van der Waals surface area contributed by atoms with Gasteiger partial charge in [-0.1, -0.05) is 60.1 Å². The van der Waals surface area contributed by atoms with E-state index >= 15 is 0 Å². The van der Waals surface area contributed by atoms with Crippen LogP contribution in [0.4, 0.5) is 11.4 Å². The highest BCUT2D eigenvalue weighted by atomic mass is 35.5. The molecule has 0 bridgehead atoms. The van der Waals surface area contributed by atoms with Crippen molar-refractivity contribution in [3.8, 4) is 16.9 Å². The monoisotopic (exact) mass is 458 g/mol. The van der Waals surface area contributed by atoms with Crippen LogP contribution < -0.4 is 14.4 Å². The Balaban J connectivity index is 1.93. The maximum Gasteiger partial charge on any atom is 0.248 e. The summed E-state index contributed by atoms with van der Waals surface area (Å²) in [6.07, 6.45) is 1.05. The van der Waals surface area contributed by atoms with Crippen LogP contribution in [-0.4, -0.2) is 33.7 Å². The molecule has 1 amide bonds. The van der Waals surface area contributed by atoms with E-state index in [1.165, 1.54) is 20.1 Å². The molecule has 3 rings (SSSR count). The standard InChI is InChI=1S/C23H23ClN2O4S/c1-16(26(31(3,28)29)18-13-14-22(30-2)20(24)15-18)23(27)25-21-12-8-7-11-19(21)17-9-5-4-6-10-17/h4-16H,1-3H3,(H,25,27)/t16-/m0/s1. The first-order chi connectivity index (χ1) is 14.7. The average Bonchev–Trinajstić information content (AvgIpc) is 2.74. The molecule has 1 N–H and O–H groups in total. The highest BCUT2D eigenvalue weighted by Crippen LogP contribution is 2.32. The number of methoxy groups -OCH3 is 1. The van der Waals surface area contributed by atoms with Gasteiger partial charge in [-0.2, -0.15) is 0 Å². The molecule has 3 aromatic rings. The molecule has 0 aliphatic rings. The van der Waals surface area contributed by atoms with Crippen molar-refractivity contribution in [3.63, 3.8) is 0 Å². The third kappa shape index (κ3) is 5.18. The van der Waals surface area contributed by atoms with Crippen LogP contribution in [0.2, 0.25) is 5.02 Å². The molecule has 0 spiro atoms. The second kappa shape index (κ2) is 9.41. The number of nitrogens with zero attached hydrogens (tertiary/aromatic N) is 1. The fourth-order valence-corrected chi connectivity index (χ4v) is 4.72. The Morgan fingerprint density at radius 2 is 1.68 bits per heavy atom. The Kier molecular flexibility index (Phi) is 6.87. The number of carbonyl (C=O) groups is 1. The normalized spacial score (nSPS) is 12.1. The summed E-state index contributed by atoms with van der Waals surface area (Å²) in [5, 5.41) is 3.11. The van der Waals surface area contributed by atoms with E-state index in [1.54, 1.807) is 18.2 Å². The molecule has 0 aliphatic heterocycles. The lowest BCUT2D eigenvalue weighted by Crippen LogP contribution is -2.45. The molecule has 31 heavy (non-hydrogen) atoms. The van der Waals surface area contributed by atoms with Gasteiger partial charge in [-0.15, -0.1) is 0 Å². The first kappa shape index (κ1) is 22.7. The Labute approximate surface area is 187 Å². The van der Waals surface area contributed by atoms with Gasteiger partial charge in [0.2, 0.25) is 15.9 Å². The van der Waals surface area contributed by atoms with E-state index < -0.39 is 22.0 Å². The minimum Gasteiger partial charge on any atom is -0.495 e. The molecular formula is C23H23ClN2O4S. The minimum atomic E-state index is -3.78. The fourth-order valence-electron chi connectivity index (χ4n) is 3.30. The van der Waals surface area contributed by atoms with Gasteiger partial charge in [0, 0.05) is 11.3 Å². The van der Waals surface area contributed by atoms with Gasteiger partial charge in [0.1, 0.15) is 11.8 Å². The van der Waals surface area contributed by atoms with Gasteiger partial charge in [0.15, 0.2) is 0 Å². The maximum atomic E-state index is 13.1. The van der Waals surface area contributed by atoms with Gasteiger partial charge in [0.05, 0.1) is 24.1 Å². The number of ether oxygens (including phenoxy) is 1. The molecule has 8 heteroatoms. The largest absolute Gasteiger partial charge is 0.495 e. The van der Waals surface area contributed by atoms with Crippen molar-refractivity contribution in [2.75, 3.05) is 23.0 Å². The summed E-state index contributed by atoms with van der Waals surface area (Å²) in [4.78, 5) is 13.1. The summed E-state index contributed by atoms with van der Waals surface area (Å²) in [6, 6.07) is 20.5. The number of sulfonamides is 1. The molecular weight excluding hydrogens is 436 g/mol. The zero-order valence-corrected chi connectivity index (χ0v) is 18.9. The van der Waals surface area contributed by atoms with E-state index in [9.17, 15) is 13.2 Å². The third-order valence-corrected chi connectivity index (χ3v) is 6.29. The topological polar surface area (TPSA) is 75.7 Å². The van der Waals surface area contributed by atoms with E-state index in [2.05, 4.69) is 5.32 Å². The summed E-state index contributed by atoms with van der Waals surface area (Å²) in [5.74, 6) is -0.0616. The Bertz CT molecular complexity index is 1180. The highest BCUT2D eigenvalue weighted by molar-refractivity contribution is 7.92. The van der Waals surface area contributed by atoms with E-state index in [0.717, 1.165) is 21.7 Å². The molecule has 0 saturated heterocycles. The van der Waals surface area contributed by atoms with Crippen molar-refractivity contribution < 1.29 is 17.9 Å². The van der Waals surface area contributed by atoms with Gasteiger partial charge in [-0.25, -0.2) is 8.42 Å². The van der Waals surface area contributed by atoms with Crippen molar-refractivity contribution >= 4 is 38.9 Å². The zero-order valence-electron chi connectivity index (χ0n) is 17.4. The molecule has 0 fully saturated rings. The molecule has 0 aliphatic carbocycles. The van der Waals surface area contributed by atoms with E-state index in [-0.39, 0.29) is 10.7 Å². The van der Waals surface area contributed by atoms with Gasteiger partial charge in [-0.05, 0) is 36.8 Å². The molecule has 0 saturated carbocycles. The maximum absolute atomic E-state index is 13.1. The van der Waals surface area contributed by atoms with Crippen molar-refractivity contribution in [1.82, 2.24) is 0 Å². The van der Waals surface area contributed by atoms with E-state index in [1.807, 2.05) is 48.5 Å². The third-order valence-electron chi connectivity index (χ3n) is 4.75. The number of para-hydroxylation sites is 1. The second-order valence-electron chi connectivity index (χ2n) is 6.95. The molecule has 3 aromatic carbocycles. The van der Waals surface area contributed by atoms with E-state index in [4.69, 9.17) is 16.3 Å². The first-order valence-corrected chi connectivity index (χ1v) is 11.7. The molecule has 6 nitrogen and oxygen atoms in total. The number of hydrogen-bond acceptors (Lipinski definition) is 4. The van der Waals surface area contributed by atoms with Crippen LogP contribution in [0.25, 0.3) is 11.1 Å². The second-order valence-corrected chi connectivity index (χ2v) is 9.22. The molecule has 162 valence electrons. The number of nitrogens with one attached hydrogen (secondary N) is 1. The Morgan fingerprint density at radius 3 is 2.29 bits per heavy atom. The predicted molar refractivity (Wildman–Crippen MR) is 125 cm³/mol. The Morgan fingerprint density at radius 1 is 1.03 bits per heavy atom. The summed E-state index contributed by atoms with van der Waals surface area (Å²) < 4.78 is 31.3. The summed E-state index contributed by atoms with van der Waals surface area (Å²) in [6.45, 7) is 1.53. The van der Waals surface area contributed by atoms with Gasteiger partial charge in [-0.3, -0.25) is 9.10 Å². The van der Waals surface area contributed by atoms with Crippen molar-refractivity contribution in [1.29, 1.82) is 0 Å². The number of halogens is 1. The number of carbonyl (C=O) groups excluding carboxylic acids is 1. The zero-order chi connectivity index (χ0) is 22.6. The van der Waals surface area contributed by atoms with Crippen LogP contribution in [0.15, 0.2) is 72.8 Å². The smallest absolute Gasteiger partial charge is 0.248 e. The van der Waals surface area contributed by atoms with Gasteiger partial charge >= 0.3 is 0 Å². The van der Waals surface area contributed by atoms with Gasteiger partial charge in [0.25, 0.3) is 0 Å². The molecule has 0 radical (unpaired) electrons. The summed E-state index contributed by atoms with van der Waals surface area (Å²) in [7, 11) is -2.31. The lowest BCUT2D eigenvalue weighted by atomic mass is 10.0. The Hall–Kier alpha value is -3.03. The fraction of sp³-hybridized carbons (Fsp3) is 0.174. The van der Waals surface area contributed by atoms with Crippen LogP contribution in [0.5, 0.6) is 5.75 Å². The number of hydrogen-bond donors (Lipinski definition) is 1. The number of amides is 1. The molecule has 0 unspecified atom stereocenters. The summed E-state index contributed by atoms with van der Waals surface area (Å²) in [5.41, 5.74) is 2.63. The van der Waals surface area contributed by atoms with Crippen molar-refractivity contribution in [3.05, 3.63) is 77.8 Å². The minimum absolute atomic E-state index is 0.246.